The number of hydrogen-bond donors (Lipinski definition) is 3. The summed E-state index contributed by atoms with van der Waals surface area (Å²) in [5.74, 6) is -0.153. The van der Waals surface area contributed by atoms with Gasteiger partial charge in [-0.05, 0) is 42.7 Å². The first-order chi connectivity index (χ1) is 11.0. The average molecular weight is 349 g/mol. The lowest BCUT2D eigenvalue weighted by molar-refractivity contribution is -0.123. The predicted molar refractivity (Wildman–Crippen MR) is 92.3 cm³/mol. The van der Waals surface area contributed by atoms with E-state index in [-0.39, 0.29) is 17.6 Å². The SMILES string of the molecule is Cc1ccc(OCC(=O)NNC(=S)NC(=O)c2cccs2)cc1. The summed E-state index contributed by atoms with van der Waals surface area (Å²) >= 11 is 6.22. The van der Waals surface area contributed by atoms with E-state index in [1.807, 2.05) is 19.1 Å². The molecule has 0 aliphatic rings. The van der Waals surface area contributed by atoms with Gasteiger partial charge in [-0.2, -0.15) is 0 Å². The number of amides is 2. The largest absolute Gasteiger partial charge is 0.484 e. The highest BCUT2D eigenvalue weighted by atomic mass is 32.1. The van der Waals surface area contributed by atoms with Crippen LogP contribution in [0, 0.1) is 6.92 Å². The molecule has 2 amide bonds. The van der Waals surface area contributed by atoms with Gasteiger partial charge in [-0.3, -0.25) is 25.8 Å². The Kier molecular flexibility index (Phi) is 6.07. The number of benzene rings is 1. The molecule has 1 heterocycles. The first-order valence-corrected chi connectivity index (χ1v) is 7.96. The van der Waals surface area contributed by atoms with Crippen molar-refractivity contribution in [1.82, 2.24) is 16.2 Å². The summed E-state index contributed by atoms with van der Waals surface area (Å²) in [5, 5.41) is 4.25. The quantitative estimate of drug-likeness (QED) is 0.579. The maximum Gasteiger partial charge on any atom is 0.276 e. The molecule has 8 heteroatoms. The number of thiocarbonyl (C=S) groups is 1. The van der Waals surface area contributed by atoms with E-state index in [0.717, 1.165) is 5.56 Å². The van der Waals surface area contributed by atoms with E-state index < -0.39 is 5.91 Å². The number of nitrogens with one attached hydrogen (secondary N) is 3. The number of thiophene rings is 1. The van der Waals surface area contributed by atoms with Gasteiger partial charge >= 0.3 is 0 Å². The Morgan fingerprint density at radius 1 is 1.17 bits per heavy atom. The van der Waals surface area contributed by atoms with Crippen molar-refractivity contribution in [1.29, 1.82) is 0 Å². The second-order valence-corrected chi connectivity index (χ2v) is 5.89. The molecule has 23 heavy (non-hydrogen) atoms. The fourth-order valence-electron chi connectivity index (χ4n) is 1.55. The van der Waals surface area contributed by atoms with Gasteiger partial charge in [0.05, 0.1) is 4.88 Å². The predicted octanol–water partition coefficient (Wildman–Crippen LogP) is 1.77. The van der Waals surface area contributed by atoms with Crippen molar-refractivity contribution in [2.24, 2.45) is 0 Å². The maximum absolute atomic E-state index is 11.7. The maximum atomic E-state index is 11.7. The van der Waals surface area contributed by atoms with Crippen LogP contribution in [0.4, 0.5) is 0 Å². The molecule has 0 saturated heterocycles. The van der Waals surface area contributed by atoms with Crippen LogP contribution in [-0.2, 0) is 4.79 Å². The van der Waals surface area contributed by atoms with Gasteiger partial charge in [0.2, 0.25) is 0 Å². The van der Waals surface area contributed by atoms with E-state index in [9.17, 15) is 9.59 Å². The second-order valence-electron chi connectivity index (χ2n) is 4.54. The summed E-state index contributed by atoms with van der Waals surface area (Å²) in [6.07, 6.45) is 0. The Morgan fingerprint density at radius 2 is 1.91 bits per heavy atom. The topological polar surface area (TPSA) is 79.5 Å². The Balaban J connectivity index is 1.68. The van der Waals surface area contributed by atoms with Crippen molar-refractivity contribution in [2.75, 3.05) is 6.61 Å². The Morgan fingerprint density at radius 3 is 2.57 bits per heavy atom. The minimum atomic E-state index is -0.418. The molecule has 3 N–H and O–H groups in total. The van der Waals surface area contributed by atoms with Crippen LogP contribution in [0.2, 0.25) is 0 Å². The van der Waals surface area contributed by atoms with Gasteiger partial charge in [0, 0.05) is 0 Å². The number of aryl methyl sites for hydroxylation is 1. The zero-order valence-corrected chi connectivity index (χ0v) is 13.9. The van der Waals surface area contributed by atoms with Crippen LogP contribution < -0.4 is 20.9 Å². The molecule has 0 atom stereocenters. The molecule has 0 aliphatic heterocycles. The standard InChI is InChI=1S/C15H15N3O3S2/c1-10-4-6-11(7-5-10)21-9-13(19)17-18-15(22)16-14(20)12-3-2-8-23-12/h2-8H,9H2,1H3,(H,17,19)(H2,16,18,20,22). The fourth-order valence-corrected chi connectivity index (χ4v) is 2.31. The molecule has 6 nitrogen and oxygen atoms in total. The van der Waals surface area contributed by atoms with E-state index in [1.165, 1.54) is 11.3 Å². The highest BCUT2D eigenvalue weighted by molar-refractivity contribution is 7.80. The summed E-state index contributed by atoms with van der Waals surface area (Å²) in [7, 11) is 0. The molecule has 0 unspecified atom stereocenters. The summed E-state index contributed by atoms with van der Waals surface area (Å²) in [6, 6.07) is 10.8. The van der Waals surface area contributed by atoms with Crippen molar-refractivity contribution in [3.05, 3.63) is 52.2 Å². The fraction of sp³-hybridized carbons (Fsp3) is 0.133. The minimum absolute atomic E-state index is 0.00656. The number of ether oxygens (including phenoxy) is 1. The third-order valence-corrected chi connectivity index (χ3v) is 3.75. The van der Waals surface area contributed by atoms with Gasteiger partial charge < -0.3 is 4.74 Å². The summed E-state index contributed by atoms with van der Waals surface area (Å²) in [4.78, 5) is 23.9. The third kappa shape index (κ3) is 5.68. The van der Waals surface area contributed by atoms with E-state index in [2.05, 4.69) is 16.2 Å². The minimum Gasteiger partial charge on any atom is -0.484 e. The van der Waals surface area contributed by atoms with Gasteiger partial charge in [-0.1, -0.05) is 23.8 Å². The zero-order valence-electron chi connectivity index (χ0n) is 12.3. The van der Waals surface area contributed by atoms with Gasteiger partial charge in [0.25, 0.3) is 11.8 Å². The van der Waals surface area contributed by atoms with E-state index in [4.69, 9.17) is 17.0 Å². The van der Waals surface area contributed by atoms with Crippen LogP contribution >= 0.6 is 23.6 Å². The van der Waals surface area contributed by atoms with Gasteiger partial charge in [0.15, 0.2) is 11.7 Å². The molecule has 0 spiro atoms. The lowest BCUT2D eigenvalue weighted by Gasteiger charge is -2.11. The van der Waals surface area contributed by atoms with Crippen LogP contribution in [0.15, 0.2) is 41.8 Å². The van der Waals surface area contributed by atoms with Crippen molar-refractivity contribution in [3.63, 3.8) is 0 Å². The van der Waals surface area contributed by atoms with Crippen LogP contribution in [0.5, 0.6) is 5.75 Å². The van der Waals surface area contributed by atoms with E-state index >= 15 is 0 Å². The molecular formula is C15H15N3O3S2. The first kappa shape index (κ1) is 16.9. The number of carbonyl (C=O) groups excluding carboxylic acids is 2. The molecule has 0 aliphatic carbocycles. The molecule has 0 saturated carbocycles. The molecular weight excluding hydrogens is 334 g/mol. The molecule has 2 aromatic rings. The Labute approximate surface area is 142 Å². The molecule has 120 valence electrons. The highest BCUT2D eigenvalue weighted by Crippen LogP contribution is 2.10. The van der Waals surface area contributed by atoms with Crippen molar-refractivity contribution >= 4 is 40.5 Å². The molecule has 0 bridgehead atoms. The average Bonchev–Trinajstić information content (AvgIpc) is 3.07. The van der Waals surface area contributed by atoms with Gasteiger partial charge in [-0.15, -0.1) is 11.3 Å². The highest BCUT2D eigenvalue weighted by Gasteiger charge is 2.09. The van der Waals surface area contributed by atoms with Crippen molar-refractivity contribution in [2.45, 2.75) is 6.92 Å². The monoisotopic (exact) mass is 349 g/mol. The lowest BCUT2D eigenvalue weighted by Crippen LogP contribution is -2.49. The molecule has 1 aromatic carbocycles. The van der Waals surface area contributed by atoms with Crippen LogP contribution in [0.1, 0.15) is 15.2 Å². The van der Waals surface area contributed by atoms with Crippen molar-refractivity contribution < 1.29 is 14.3 Å². The van der Waals surface area contributed by atoms with Crippen LogP contribution in [-0.4, -0.2) is 23.5 Å². The van der Waals surface area contributed by atoms with E-state index in [1.54, 1.807) is 29.6 Å². The lowest BCUT2D eigenvalue weighted by atomic mass is 10.2. The molecule has 2 rings (SSSR count). The summed E-state index contributed by atoms with van der Waals surface area (Å²) in [5.41, 5.74) is 5.90. The third-order valence-electron chi connectivity index (χ3n) is 2.68. The van der Waals surface area contributed by atoms with Gasteiger partial charge in [-0.25, -0.2) is 0 Å². The number of rotatable bonds is 4. The smallest absolute Gasteiger partial charge is 0.276 e. The molecule has 0 radical (unpaired) electrons. The van der Waals surface area contributed by atoms with E-state index in [0.29, 0.717) is 10.6 Å². The molecule has 0 fully saturated rings. The Hall–Kier alpha value is -2.45. The van der Waals surface area contributed by atoms with Crippen LogP contribution in [0.3, 0.4) is 0 Å². The number of hydrazine groups is 1. The zero-order chi connectivity index (χ0) is 16.7. The van der Waals surface area contributed by atoms with Crippen LogP contribution in [0.25, 0.3) is 0 Å². The molecule has 1 aromatic heterocycles. The Bertz CT molecular complexity index is 685. The first-order valence-electron chi connectivity index (χ1n) is 6.68. The van der Waals surface area contributed by atoms with Gasteiger partial charge in [0.1, 0.15) is 5.75 Å². The number of carbonyl (C=O) groups is 2. The summed E-state index contributed by atoms with van der Waals surface area (Å²) < 4.78 is 5.31. The van der Waals surface area contributed by atoms with Crippen molar-refractivity contribution in [3.8, 4) is 5.75 Å². The summed E-state index contributed by atoms with van der Waals surface area (Å²) in [6.45, 7) is 1.80. The second kappa shape index (κ2) is 8.25. The normalized spacial score (nSPS) is 9.78. The number of hydrogen-bond acceptors (Lipinski definition) is 5.